The summed E-state index contributed by atoms with van der Waals surface area (Å²) in [6.45, 7) is 2.14. The first-order valence-electron chi connectivity index (χ1n) is 9.21. The van der Waals surface area contributed by atoms with Crippen LogP contribution >= 0.6 is 11.3 Å². The largest absolute Gasteiger partial charge is 0.309 e. The van der Waals surface area contributed by atoms with Crippen LogP contribution in [0.1, 0.15) is 5.56 Å². The van der Waals surface area contributed by atoms with Gasteiger partial charge in [-0.1, -0.05) is 54.1 Å². The molecular weight excluding hydrogens is 346 g/mol. The van der Waals surface area contributed by atoms with Crippen LogP contribution in [0.4, 0.5) is 0 Å². The Morgan fingerprint density at radius 2 is 1.33 bits per heavy atom. The third-order valence-corrected chi connectivity index (χ3v) is 6.60. The van der Waals surface area contributed by atoms with Crippen LogP contribution < -0.4 is 0 Å². The van der Waals surface area contributed by atoms with Crippen molar-refractivity contribution in [1.29, 1.82) is 0 Å². The van der Waals surface area contributed by atoms with E-state index in [1.165, 1.54) is 53.2 Å². The molecule has 0 N–H and O–H groups in total. The first-order valence-corrected chi connectivity index (χ1v) is 10.0. The number of aromatic nitrogens is 1. The number of hydrogen-bond acceptors (Lipinski definition) is 1. The van der Waals surface area contributed by atoms with Crippen molar-refractivity contribution in [3.63, 3.8) is 0 Å². The fourth-order valence-corrected chi connectivity index (χ4v) is 5.29. The average Bonchev–Trinajstić information content (AvgIpc) is 3.22. The number of rotatable bonds is 1. The molecule has 0 aliphatic rings. The maximum absolute atomic E-state index is 2.40. The Morgan fingerprint density at radius 1 is 0.593 bits per heavy atom. The van der Waals surface area contributed by atoms with Crippen LogP contribution in [0.2, 0.25) is 0 Å². The van der Waals surface area contributed by atoms with Gasteiger partial charge in [-0.05, 0) is 43.3 Å². The van der Waals surface area contributed by atoms with Crippen molar-refractivity contribution in [1.82, 2.24) is 4.57 Å². The summed E-state index contributed by atoms with van der Waals surface area (Å²) in [5, 5.41) is 5.33. The van der Waals surface area contributed by atoms with Crippen molar-refractivity contribution in [2.75, 3.05) is 0 Å². The molecule has 0 aliphatic heterocycles. The average molecular weight is 363 g/mol. The van der Waals surface area contributed by atoms with Gasteiger partial charge in [-0.25, -0.2) is 0 Å². The summed E-state index contributed by atoms with van der Waals surface area (Å²) in [6.07, 6.45) is 0. The van der Waals surface area contributed by atoms with Crippen LogP contribution in [-0.4, -0.2) is 4.57 Å². The molecule has 0 saturated heterocycles. The number of benzene rings is 4. The normalized spacial score (nSPS) is 11.9. The van der Waals surface area contributed by atoms with Crippen molar-refractivity contribution in [3.8, 4) is 5.69 Å². The summed E-state index contributed by atoms with van der Waals surface area (Å²) in [5.41, 5.74) is 5.03. The lowest BCUT2D eigenvalue weighted by Gasteiger charge is -2.08. The summed E-state index contributed by atoms with van der Waals surface area (Å²) in [7, 11) is 0. The van der Waals surface area contributed by atoms with E-state index in [0.717, 1.165) is 0 Å². The Bertz CT molecular complexity index is 1470. The van der Waals surface area contributed by atoms with Gasteiger partial charge in [0.1, 0.15) is 0 Å². The molecule has 0 amide bonds. The van der Waals surface area contributed by atoms with Crippen LogP contribution in [-0.2, 0) is 0 Å². The summed E-state index contributed by atoms with van der Waals surface area (Å²) >= 11 is 1.88. The number of fused-ring (bicyclic) bond motifs is 6. The van der Waals surface area contributed by atoms with E-state index < -0.39 is 0 Å². The zero-order valence-electron chi connectivity index (χ0n) is 14.9. The van der Waals surface area contributed by atoms with Gasteiger partial charge in [-0.3, -0.25) is 0 Å². The van der Waals surface area contributed by atoms with Crippen molar-refractivity contribution in [2.45, 2.75) is 6.92 Å². The maximum atomic E-state index is 2.40. The minimum atomic E-state index is 1.21. The van der Waals surface area contributed by atoms with Gasteiger partial charge in [0.15, 0.2) is 0 Å². The lowest BCUT2D eigenvalue weighted by Crippen LogP contribution is -1.93. The minimum Gasteiger partial charge on any atom is -0.309 e. The molecule has 0 unspecified atom stereocenters. The van der Waals surface area contributed by atoms with E-state index in [2.05, 4.69) is 96.4 Å². The second-order valence-corrected chi connectivity index (χ2v) is 8.24. The number of aryl methyl sites for hydroxylation is 1. The zero-order chi connectivity index (χ0) is 18.0. The smallest absolute Gasteiger partial charge is 0.0548 e. The summed E-state index contributed by atoms with van der Waals surface area (Å²) in [5.74, 6) is 0. The van der Waals surface area contributed by atoms with Crippen LogP contribution in [0.3, 0.4) is 0 Å². The molecule has 128 valence electrons. The van der Waals surface area contributed by atoms with Gasteiger partial charge in [0.2, 0.25) is 0 Å². The van der Waals surface area contributed by atoms with Gasteiger partial charge in [-0.15, -0.1) is 11.3 Å². The molecule has 4 aromatic carbocycles. The Hall–Kier alpha value is -3.10. The summed E-state index contributed by atoms with van der Waals surface area (Å²) in [6, 6.07) is 31.0. The molecule has 0 aliphatic carbocycles. The summed E-state index contributed by atoms with van der Waals surface area (Å²) < 4.78 is 5.11. The first-order chi connectivity index (χ1) is 13.3. The van der Waals surface area contributed by atoms with Crippen molar-refractivity contribution >= 4 is 53.3 Å². The van der Waals surface area contributed by atoms with Gasteiger partial charge in [-0.2, -0.15) is 0 Å². The van der Waals surface area contributed by atoms with E-state index in [-0.39, 0.29) is 0 Å². The predicted molar refractivity (Wildman–Crippen MR) is 118 cm³/mol. The van der Waals surface area contributed by atoms with Gasteiger partial charge in [0.25, 0.3) is 0 Å². The number of para-hydroxylation sites is 1. The standard InChI is InChI=1S/C25H17NS/c1-16-10-12-17(13-11-16)26-22-8-4-2-6-18(22)20-15-25-21(14-23(20)26)19-7-3-5-9-24(19)27-25/h2-15H,1H3. The number of nitrogens with zero attached hydrogens (tertiary/aromatic N) is 1. The Kier molecular flexibility index (Phi) is 3.03. The highest BCUT2D eigenvalue weighted by Crippen LogP contribution is 2.40. The van der Waals surface area contributed by atoms with Crippen molar-refractivity contribution in [3.05, 3.63) is 90.5 Å². The molecule has 2 heteroatoms. The topological polar surface area (TPSA) is 4.93 Å². The van der Waals surface area contributed by atoms with E-state index in [0.29, 0.717) is 0 Å². The van der Waals surface area contributed by atoms with Crippen LogP contribution in [0.5, 0.6) is 0 Å². The van der Waals surface area contributed by atoms with Gasteiger partial charge in [0.05, 0.1) is 11.0 Å². The minimum absolute atomic E-state index is 1.21. The molecule has 0 radical (unpaired) electrons. The monoisotopic (exact) mass is 363 g/mol. The van der Waals surface area contributed by atoms with Crippen LogP contribution in [0, 0.1) is 6.92 Å². The first kappa shape index (κ1) is 15.0. The van der Waals surface area contributed by atoms with Gasteiger partial charge < -0.3 is 4.57 Å². The zero-order valence-corrected chi connectivity index (χ0v) is 15.8. The third kappa shape index (κ3) is 2.11. The Labute approximate surface area is 161 Å². The highest BCUT2D eigenvalue weighted by Gasteiger charge is 2.14. The number of thiophene rings is 1. The molecule has 0 saturated carbocycles. The molecule has 0 fully saturated rings. The quantitative estimate of drug-likeness (QED) is 0.286. The van der Waals surface area contributed by atoms with E-state index in [9.17, 15) is 0 Å². The molecule has 6 aromatic rings. The van der Waals surface area contributed by atoms with E-state index in [1.54, 1.807) is 0 Å². The maximum Gasteiger partial charge on any atom is 0.0548 e. The Morgan fingerprint density at radius 3 is 2.19 bits per heavy atom. The van der Waals surface area contributed by atoms with Crippen molar-refractivity contribution < 1.29 is 0 Å². The van der Waals surface area contributed by atoms with Crippen LogP contribution in [0.25, 0.3) is 47.7 Å². The Balaban J connectivity index is 1.82. The van der Waals surface area contributed by atoms with E-state index in [4.69, 9.17) is 0 Å². The van der Waals surface area contributed by atoms with E-state index in [1.807, 2.05) is 11.3 Å². The lowest BCUT2D eigenvalue weighted by atomic mass is 10.1. The number of hydrogen-bond donors (Lipinski definition) is 0. The van der Waals surface area contributed by atoms with E-state index >= 15 is 0 Å². The molecule has 6 rings (SSSR count). The lowest BCUT2D eigenvalue weighted by molar-refractivity contribution is 1.18. The van der Waals surface area contributed by atoms with Crippen molar-refractivity contribution in [2.24, 2.45) is 0 Å². The molecule has 2 heterocycles. The SMILES string of the molecule is Cc1ccc(-n2c3ccccc3c3cc4sc5ccccc5c4cc32)cc1. The summed E-state index contributed by atoms with van der Waals surface area (Å²) in [4.78, 5) is 0. The molecule has 0 atom stereocenters. The molecule has 27 heavy (non-hydrogen) atoms. The second-order valence-electron chi connectivity index (χ2n) is 7.15. The van der Waals surface area contributed by atoms with Crippen LogP contribution in [0.15, 0.2) is 84.9 Å². The molecular formula is C25H17NS. The molecule has 0 bridgehead atoms. The van der Waals surface area contributed by atoms with Gasteiger partial charge >= 0.3 is 0 Å². The highest BCUT2D eigenvalue weighted by molar-refractivity contribution is 7.25. The third-order valence-electron chi connectivity index (χ3n) is 5.46. The predicted octanol–water partition coefficient (Wildman–Crippen LogP) is 7.46. The molecule has 2 aromatic heterocycles. The highest BCUT2D eigenvalue weighted by atomic mass is 32.1. The fraction of sp³-hybridized carbons (Fsp3) is 0.0400. The molecule has 0 spiro atoms. The fourth-order valence-electron chi connectivity index (χ4n) is 4.16. The second kappa shape index (κ2) is 5.45. The molecule has 1 nitrogen and oxygen atoms in total. The van der Waals surface area contributed by atoms with Gasteiger partial charge in [0, 0.05) is 36.6 Å².